The number of hydrogen-bond donors (Lipinski definition) is 2. The molecule has 0 atom stereocenters. The molecule has 1 saturated heterocycles. The van der Waals surface area contributed by atoms with E-state index in [0.29, 0.717) is 38.5 Å². The van der Waals surface area contributed by atoms with Crippen LogP contribution in [-0.2, 0) is 17.7 Å². The molecule has 2 aromatic rings. The Labute approximate surface area is 180 Å². The molecular weight excluding hydrogens is 405 g/mol. The number of anilines is 3. The summed E-state index contributed by atoms with van der Waals surface area (Å²) in [7, 11) is 4.68. The van der Waals surface area contributed by atoms with Gasteiger partial charge in [-0.2, -0.15) is 9.49 Å². The number of nitrogens with one attached hydrogen (secondary N) is 1. The van der Waals surface area contributed by atoms with E-state index in [1.54, 1.807) is 23.9 Å². The lowest BCUT2D eigenvalue weighted by Gasteiger charge is -2.30. The number of nitrogen functional groups attached to an aromatic ring is 1. The zero-order chi connectivity index (χ0) is 22.1. The molecule has 2 aromatic heterocycles. The number of carbonyl (C=O) groups is 1. The van der Waals surface area contributed by atoms with Crippen LogP contribution in [0.25, 0.3) is 0 Å². The van der Waals surface area contributed by atoms with Crippen LogP contribution >= 0.6 is 0 Å². The highest BCUT2D eigenvalue weighted by Crippen LogP contribution is 2.38. The Morgan fingerprint density at radius 3 is 2.81 bits per heavy atom. The summed E-state index contributed by atoms with van der Waals surface area (Å²) in [6, 6.07) is 0.0477. The van der Waals surface area contributed by atoms with Gasteiger partial charge in [-0.3, -0.25) is 4.68 Å². The lowest BCUT2D eigenvalue weighted by Crippen LogP contribution is -2.41. The second-order valence-corrected chi connectivity index (χ2v) is 7.71. The number of urea groups is 1. The summed E-state index contributed by atoms with van der Waals surface area (Å²) in [5.41, 5.74) is 7.87. The van der Waals surface area contributed by atoms with Gasteiger partial charge in [-0.25, -0.2) is 9.78 Å². The van der Waals surface area contributed by atoms with Crippen LogP contribution in [0.3, 0.4) is 0 Å². The van der Waals surface area contributed by atoms with Crippen molar-refractivity contribution >= 4 is 23.4 Å². The number of nitrogens with zero attached hydrogens (tertiary/aromatic N) is 5. The highest BCUT2D eigenvalue weighted by atomic mass is 19.1. The molecule has 0 unspecified atom stereocenters. The molecule has 0 bridgehead atoms. The number of nitrogens with two attached hydrogens (primary N) is 1. The monoisotopic (exact) mass is 433 g/mol. The average Bonchev–Trinajstić information content (AvgIpc) is 3.18. The van der Waals surface area contributed by atoms with Gasteiger partial charge in [-0.15, -0.1) is 0 Å². The standard InChI is InChI=1S/C20H28FN7O3/c1-23-20(29)27-7-4-15-13(11-27)18(25-28(15)12-5-8-31-9-6-12)26(2)19-16(21)17(30-3)14(22)10-24-19/h10,12H,4-9,11,22H2,1-3H3,(H,23,29). The molecule has 1 fully saturated rings. The summed E-state index contributed by atoms with van der Waals surface area (Å²) >= 11 is 0. The third-order valence-corrected chi connectivity index (χ3v) is 5.93. The second kappa shape index (κ2) is 8.58. The maximum atomic E-state index is 15.1. The number of fused-ring (bicyclic) bond motifs is 1. The molecule has 4 rings (SSSR count). The van der Waals surface area contributed by atoms with Crippen molar-refractivity contribution in [1.29, 1.82) is 0 Å². The smallest absolute Gasteiger partial charge is 0.317 e. The van der Waals surface area contributed by atoms with Crippen molar-refractivity contribution in [2.45, 2.75) is 31.8 Å². The Hall–Kier alpha value is -3.08. The topological polar surface area (TPSA) is 111 Å². The van der Waals surface area contributed by atoms with E-state index in [9.17, 15) is 4.79 Å². The minimum absolute atomic E-state index is 0.0541. The van der Waals surface area contributed by atoms with Gasteiger partial charge in [0.05, 0.1) is 31.6 Å². The van der Waals surface area contributed by atoms with Crippen molar-refractivity contribution in [3.63, 3.8) is 0 Å². The molecule has 4 heterocycles. The molecule has 0 saturated carbocycles. The number of hydrogen-bond acceptors (Lipinski definition) is 7. The van der Waals surface area contributed by atoms with Gasteiger partial charge in [0.15, 0.2) is 17.4 Å². The maximum Gasteiger partial charge on any atom is 0.317 e. The fourth-order valence-electron chi connectivity index (χ4n) is 4.28. The first-order valence-corrected chi connectivity index (χ1v) is 10.3. The lowest BCUT2D eigenvalue weighted by molar-refractivity contribution is 0.0651. The van der Waals surface area contributed by atoms with Crippen LogP contribution in [0.1, 0.15) is 30.1 Å². The van der Waals surface area contributed by atoms with Gasteiger partial charge in [-0.1, -0.05) is 0 Å². The summed E-state index contributed by atoms with van der Waals surface area (Å²) in [5, 5.41) is 7.55. The van der Waals surface area contributed by atoms with Crippen LogP contribution in [0, 0.1) is 5.82 Å². The largest absolute Gasteiger partial charge is 0.491 e. The van der Waals surface area contributed by atoms with E-state index < -0.39 is 5.82 Å². The average molecular weight is 433 g/mol. The van der Waals surface area contributed by atoms with Crippen molar-refractivity contribution in [3.8, 4) is 5.75 Å². The number of carbonyl (C=O) groups excluding carboxylic acids is 1. The highest BCUT2D eigenvalue weighted by molar-refractivity contribution is 5.75. The molecule has 2 aliphatic heterocycles. The molecule has 2 amide bonds. The maximum absolute atomic E-state index is 15.1. The number of amides is 2. The van der Waals surface area contributed by atoms with E-state index in [-0.39, 0.29) is 29.3 Å². The molecule has 0 spiro atoms. The van der Waals surface area contributed by atoms with E-state index in [2.05, 4.69) is 10.3 Å². The van der Waals surface area contributed by atoms with Crippen molar-refractivity contribution in [2.75, 3.05) is 51.6 Å². The number of methoxy groups -OCH3 is 1. The molecule has 11 heteroatoms. The summed E-state index contributed by atoms with van der Waals surface area (Å²) in [4.78, 5) is 19.8. The minimum Gasteiger partial charge on any atom is -0.491 e. The predicted molar refractivity (Wildman–Crippen MR) is 113 cm³/mol. The van der Waals surface area contributed by atoms with Gasteiger partial charge in [0.1, 0.15) is 0 Å². The van der Waals surface area contributed by atoms with Crippen LogP contribution in [0.2, 0.25) is 0 Å². The van der Waals surface area contributed by atoms with Crippen LogP contribution in [0.15, 0.2) is 6.20 Å². The van der Waals surface area contributed by atoms with E-state index in [1.807, 2.05) is 4.68 Å². The van der Waals surface area contributed by atoms with Gasteiger partial charge < -0.3 is 30.3 Å². The first-order valence-electron chi connectivity index (χ1n) is 10.3. The molecule has 0 radical (unpaired) electrons. The first kappa shape index (κ1) is 21.2. The lowest BCUT2D eigenvalue weighted by atomic mass is 10.0. The van der Waals surface area contributed by atoms with Crippen LogP contribution in [0.5, 0.6) is 5.75 Å². The van der Waals surface area contributed by atoms with Crippen LogP contribution in [0.4, 0.5) is 26.5 Å². The fraction of sp³-hybridized carbons (Fsp3) is 0.550. The van der Waals surface area contributed by atoms with Crippen molar-refractivity contribution in [1.82, 2.24) is 25.0 Å². The van der Waals surface area contributed by atoms with Crippen molar-refractivity contribution in [3.05, 3.63) is 23.3 Å². The van der Waals surface area contributed by atoms with Crippen LogP contribution in [-0.4, -0.2) is 66.7 Å². The number of halogens is 1. The van der Waals surface area contributed by atoms with E-state index >= 15 is 4.39 Å². The number of ether oxygens (including phenoxy) is 2. The molecule has 31 heavy (non-hydrogen) atoms. The SMILES string of the molecule is CNC(=O)N1CCc2c(c(N(C)c3ncc(N)c(OC)c3F)nn2C2CCOCC2)C1. The first-order chi connectivity index (χ1) is 15.0. The van der Waals surface area contributed by atoms with Gasteiger partial charge in [0, 0.05) is 51.5 Å². The Morgan fingerprint density at radius 2 is 2.13 bits per heavy atom. The van der Waals surface area contributed by atoms with Gasteiger partial charge in [0.25, 0.3) is 0 Å². The van der Waals surface area contributed by atoms with Crippen molar-refractivity contribution < 1.29 is 18.7 Å². The van der Waals surface area contributed by atoms with E-state index in [4.69, 9.17) is 20.3 Å². The zero-order valence-electron chi connectivity index (χ0n) is 18.0. The highest BCUT2D eigenvalue weighted by Gasteiger charge is 2.33. The Morgan fingerprint density at radius 1 is 1.39 bits per heavy atom. The van der Waals surface area contributed by atoms with Crippen molar-refractivity contribution in [2.24, 2.45) is 0 Å². The number of rotatable bonds is 4. The molecule has 10 nitrogen and oxygen atoms in total. The van der Waals surface area contributed by atoms with Gasteiger partial charge in [0.2, 0.25) is 5.82 Å². The molecule has 2 aliphatic rings. The third kappa shape index (κ3) is 3.73. The summed E-state index contributed by atoms with van der Waals surface area (Å²) in [5.74, 6) is -0.0873. The minimum atomic E-state index is -0.654. The molecular formula is C20H28FN7O3. The molecule has 0 aromatic carbocycles. The number of pyridine rings is 1. The summed E-state index contributed by atoms with van der Waals surface area (Å²) in [6.45, 7) is 2.33. The van der Waals surface area contributed by atoms with E-state index in [0.717, 1.165) is 24.1 Å². The summed E-state index contributed by atoms with van der Waals surface area (Å²) in [6.07, 6.45) is 3.76. The Balaban J connectivity index is 1.78. The molecule has 0 aliphatic carbocycles. The third-order valence-electron chi connectivity index (χ3n) is 5.93. The Kier molecular flexibility index (Phi) is 5.86. The van der Waals surface area contributed by atoms with Gasteiger partial charge in [-0.05, 0) is 12.8 Å². The van der Waals surface area contributed by atoms with E-state index in [1.165, 1.54) is 13.3 Å². The number of aromatic nitrogens is 3. The summed E-state index contributed by atoms with van der Waals surface area (Å²) < 4.78 is 27.7. The molecule has 168 valence electrons. The Bertz CT molecular complexity index is 974. The quantitative estimate of drug-likeness (QED) is 0.757. The normalized spacial score (nSPS) is 16.7. The zero-order valence-corrected chi connectivity index (χ0v) is 18.0. The van der Waals surface area contributed by atoms with Crippen LogP contribution < -0.4 is 20.7 Å². The fourth-order valence-corrected chi connectivity index (χ4v) is 4.28. The van der Waals surface area contributed by atoms with Gasteiger partial charge >= 0.3 is 6.03 Å². The predicted octanol–water partition coefficient (Wildman–Crippen LogP) is 1.82. The molecule has 3 N–H and O–H groups in total. The second-order valence-electron chi connectivity index (χ2n) is 7.71.